The predicted molar refractivity (Wildman–Crippen MR) is 69.7 cm³/mol. The van der Waals surface area contributed by atoms with Crippen molar-refractivity contribution in [1.29, 1.82) is 0 Å². The Bertz CT molecular complexity index is 546. The van der Waals surface area contributed by atoms with Crippen LogP contribution in [0.25, 0.3) is 0 Å². The van der Waals surface area contributed by atoms with Crippen LogP contribution in [0.5, 0.6) is 5.75 Å². The van der Waals surface area contributed by atoms with Gasteiger partial charge in [-0.2, -0.15) is 0 Å². The van der Waals surface area contributed by atoms with E-state index in [9.17, 15) is 4.79 Å². The number of carbonyl (C=O) groups is 1. The average Bonchev–Trinajstić information content (AvgIpc) is 2.82. The average molecular weight is 244 g/mol. The Morgan fingerprint density at radius 1 is 1.33 bits per heavy atom. The van der Waals surface area contributed by atoms with Crippen LogP contribution in [0.3, 0.4) is 0 Å². The highest BCUT2D eigenvalue weighted by atomic mass is 16.5. The highest BCUT2D eigenvalue weighted by molar-refractivity contribution is 5.95. The van der Waals surface area contributed by atoms with E-state index in [-0.39, 0.29) is 5.91 Å². The van der Waals surface area contributed by atoms with Gasteiger partial charge in [0.1, 0.15) is 5.75 Å². The molecule has 18 heavy (non-hydrogen) atoms. The van der Waals surface area contributed by atoms with E-state index in [2.05, 4.69) is 10.3 Å². The minimum atomic E-state index is -0.0837. The van der Waals surface area contributed by atoms with Crippen molar-refractivity contribution in [3.05, 3.63) is 53.3 Å². The zero-order valence-corrected chi connectivity index (χ0v) is 10.5. The maximum atomic E-state index is 11.9. The van der Waals surface area contributed by atoms with Crippen LogP contribution in [0, 0.1) is 6.92 Å². The summed E-state index contributed by atoms with van der Waals surface area (Å²) in [5.41, 5.74) is 2.50. The van der Waals surface area contributed by atoms with E-state index in [1.54, 1.807) is 19.4 Å². The number of hydrogen-bond donors (Lipinski definition) is 2. The monoisotopic (exact) mass is 244 g/mol. The molecule has 4 nitrogen and oxygen atoms in total. The molecule has 2 aromatic rings. The Kier molecular flexibility index (Phi) is 3.67. The predicted octanol–water partition coefficient (Wildman–Crippen LogP) is 2.26. The van der Waals surface area contributed by atoms with Crippen molar-refractivity contribution >= 4 is 5.91 Å². The number of hydrogen-bond acceptors (Lipinski definition) is 2. The zero-order chi connectivity index (χ0) is 13.0. The first-order valence-electron chi connectivity index (χ1n) is 5.76. The third-order valence-electron chi connectivity index (χ3n) is 2.83. The number of methoxy groups -OCH3 is 1. The van der Waals surface area contributed by atoms with Gasteiger partial charge in [0.25, 0.3) is 5.91 Å². The second-order valence-electron chi connectivity index (χ2n) is 4.01. The Morgan fingerprint density at radius 2 is 2.11 bits per heavy atom. The molecule has 0 unspecified atom stereocenters. The molecule has 0 saturated carbocycles. The summed E-state index contributed by atoms with van der Waals surface area (Å²) in [4.78, 5) is 14.9. The fourth-order valence-electron chi connectivity index (χ4n) is 1.82. The summed E-state index contributed by atoms with van der Waals surface area (Å²) in [6.45, 7) is 2.32. The fraction of sp³-hybridized carbons (Fsp3) is 0.214. The Labute approximate surface area is 106 Å². The largest absolute Gasteiger partial charge is 0.496 e. The number of H-pyrrole nitrogens is 1. The van der Waals surface area contributed by atoms with Gasteiger partial charge in [0.05, 0.1) is 12.7 Å². The molecule has 2 N–H and O–H groups in total. The molecule has 94 valence electrons. The van der Waals surface area contributed by atoms with Crippen LogP contribution in [0.1, 0.15) is 21.6 Å². The van der Waals surface area contributed by atoms with Gasteiger partial charge in [0.15, 0.2) is 0 Å². The molecular formula is C14H16N2O2. The first-order chi connectivity index (χ1) is 8.72. The van der Waals surface area contributed by atoms with E-state index in [1.165, 1.54) is 0 Å². The lowest BCUT2D eigenvalue weighted by atomic mass is 10.2. The van der Waals surface area contributed by atoms with E-state index in [0.29, 0.717) is 12.1 Å². The lowest BCUT2D eigenvalue weighted by Crippen LogP contribution is -2.23. The number of para-hydroxylation sites is 1. The topological polar surface area (TPSA) is 54.1 Å². The number of nitrogens with one attached hydrogen (secondary N) is 2. The third kappa shape index (κ3) is 2.53. The lowest BCUT2D eigenvalue weighted by Gasteiger charge is -2.09. The number of carbonyl (C=O) groups excluding carboxylic acids is 1. The highest BCUT2D eigenvalue weighted by Gasteiger charge is 2.10. The summed E-state index contributed by atoms with van der Waals surface area (Å²) in [6, 6.07) is 9.41. The molecule has 1 amide bonds. The SMILES string of the molecule is COc1ccccc1CNC(=O)c1cc[nH]c1C. The summed E-state index contributed by atoms with van der Waals surface area (Å²) in [6.07, 6.45) is 1.76. The van der Waals surface area contributed by atoms with Gasteiger partial charge in [-0.3, -0.25) is 4.79 Å². The van der Waals surface area contributed by atoms with Crippen LogP contribution in [-0.2, 0) is 6.54 Å². The lowest BCUT2D eigenvalue weighted by molar-refractivity contribution is 0.0950. The third-order valence-corrected chi connectivity index (χ3v) is 2.83. The van der Waals surface area contributed by atoms with Gasteiger partial charge < -0.3 is 15.0 Å². The van der Waals surface area contributed by atoms with Crippen molar-refractivity contribution in [3.8, 4) is 5.75 Å². The van der Waals surface area contributed by atoms with Crippen molar-refractivity contribution in [2.75, 3.05) is 7.11 Å². The summed E-state index contributed by atoms with van der Waals surface area (Å²) < 4.78 is 5.23. The van der Waals surface area contributed by atoms with Crippen molar-refractivity contribution in [1.82, 2.24) is 10.3 Å². The molecule has 0 radical (unpaired) electrons. The van der Waals surface area contributed by atoms with E-state index < -0.39 is 0 Å². The minimum Gasteiger partial charge on any atom is -0.496 e. The van der Waals surface area contributed by atoms with Crippen LogP contribution in [-0.4, -0.2) is 18.0 Å². The summed E-state index contributed by atoms with van der Waals surface area (Å²) >= 11 is 0. The molecule has 0 saturated heterocycles. The first-order valence-corrected chi connectivity index (χ1v) is 5.76. The standard InChI is InChI=1S/C14H16N2O2/c1-10-12(7-8-15-10)14(17)16-9-11-5-3-4-6-13(11)18-2/h3-8,15H,9H2,1-2H3,(H,16,17). The van der Waals surface area contributed by atoms with E-state index in [1.807, 2.05) is 31.2 Å². The maximum absolute atomic E-state index is 11.9. The Morgan fingerprint density at radius 3 is 2.78 bits per heavy atom. The maximum Gasteiger partial charge on any atom is 0.253 e. The molecule has 0 aliphatic heterocycles. The fourth-order valence-corrected chi connectivity index (χ4v) is 1.82. The summed E-state index contributed by atoms with van der Waals surface area (Å²) in [5.74, 6) is 0.697. The van der Waals surface area contributed by atoms with Crippen LogP contribution in [0.2, 0.25) is 0 Å². The van der Waals surface area contributed by atoms with Gasteiger partial charge >= 0.3 is 0 Å². The molecule has 1 aromatic heterocycles. The Balaban J connectivity index is 2.04. The molecule has 0 aliphatic carbocycles. The second kappa shape index (κ2) is 5.40. The normalized spacial score (nSPS) is 10.1. The Hall–Kier alpha value is -2.23. The highest BCUT2D eigenvalue weighted by Crippen LogP contribution is 2.17. The number of benzene rings is 1. The number of aromatic nitrogens is 1. The van der Waals surface area contributed by atoms with Crippen LogP contribution in [0.15, 0.2) is 36.5 Å². The van der Waals surface area contributed by atoms with Crippen molar-refractivity contribution < 1.29 is 9.53 Å². The molecule has 0 atom stereocenters. The number of aromatic amines is 1. The van der Waals surface area contributed by atoms with Crippen LogP contribution < -0.4 is 10.1 Å². The van der Waals surface area contributed by atoms with Gasteiger partial charge in [0, 0.05) is 24.0 Å². The van der Waals surface area contributed by atoms with Gasteiger partial charge in [-0.15, -0.1) is 0 Å². The molecule has 0 aliphatic rings. The molecule has 0 bridgehead atoms. The zero-order valence-electron chi connectivity index (χ0n) is 10.5. The second-order valence-corrected chi connectivity index (χ2v) is 4.01. The molecule has 0 spiro atoms. The smallest absolute Gasteiger partial charge is 0.253 e. The number of ether oxygens (including phenoxy) is 1. The number of amides is 1. The van der Waals surface area contributed by atoms with E-state index in [4.69, 9.17) is 4.74 Å². The summed E-state index contributed by atoms with van der Waals surface area (Å²) in [7, 11) is 1.62. The van der Waals surface area contributed by atoms with Crippen molar-refractivity contribution in [2.45, 2.75) is 13.5 Å². The molecule has 2 rings (SSSR count). The van der Waals surface area contributed by atoms with E-state index in [0.717, 1.165) is 17.0 Å². The molecule has 1 aromatic carbocycles. The van der Waals surface area contributed by atoms with Gasteiger partial charge in [0.2, 0.25) is 0 Å². The van der Waals surface area contributed by atoms with Crippen molar-refractivity contribution in [3.63, 3.8) is 0 Å². The molecule has 1 heterocycles. The molecule has 4 heteroatoms. The van der Waals surface area contributed by atoms with Gasteiger partial charge in [-0.1, -0.05) is 18.2 Å². The molecular weight excluding hydrogens is 228 g/mol. The number of aryl methyl sites for hydroxylation is 1. The first kappa shape index (κ1) is 12.2. The quantitative estimate of drug-likeness (QED) is 0.866. The number of rotatable bonds is 4. The molecule has 0 fully saturated rings. The van der Waals surface area contributed by atoms with Crippen molar-refractivity contribution in [2.24, 2.45) is 0 Å². The van der Waals surface area contributed by atoms with E-state index >= 15 is 0 Å². The van der Waals surface area contributed by atoms with Crippen LogP contribution in [0.4, 0.5) is 0 Å². The van der Waals surface area contributed by atoms with Gasteiger partial charge in [-0.05, 0) is 19.1 Å². The minimum absolute atomic E-state index is 0.0837. The van der Waals surface area contributed by atoms with Gasteiger partial charge in [-0.25, -0.2) is 0 Å². The summed E-state index contributed by atoms with van der Waals surface area (Å²) in [5, 5.41) is 2.88. The van der Waals surface area contributed by atoms with Crippen LogP contribution >= 0.6 is 0 Å².